The molecule has 0 aromatic rings. The van der Waals surface area contributed by atoms with E-state index in [1.165, 1.54) is 0 Å². The zero-order chi connectivity index (χ0) is 9.98. The van der Waals surface area contributed by atoms with E-state index >= 15 is 0 Å². The molecule has 0 spiro atoms. The zero-order valence-corrected chi connectivity index (χ0v) is 8.31. The van der Waals surface area contributed by atoms with Crippen LogP contribution in [-0.2, 0) is 9.53 Å². The van der Waals surface area contributed by atoms with E-state index in [9.17, 15) is 4.79 Å². The van der Waals surface area contributed by atoms with Gasteiger partial charge in [-0.05, 0) is 6.92 Å². The molecule has 74 valence electrons. The molecule has 0 saturated carbocycles. The standard InChI is InChI=1S/C5H10O3.CH3Cl2N/c1-2-8-5(7)3-4-6;2-1(3)4/h6H,2-4H2,1H3;1H,4H2. The van der Waals surface area contributed by atoms with Gasteiger partial charge in [0.05, 0.1) is 19.6 Å². The molecule has 0 aliphatic heterocycles. The molecule has 0 saturated heterocycles. The fourth-order valence-electron chi connectivity index (χ4n) is 0.324. The molecule has 0 atom stereocenters. The van der Waals surface area contributed by atoms with Gasteiger partial charge in [0.2, 0.25) is 0 Å². The topological polar surface area (TPSA) is 72.5 Å². The molecule has 0 bridgehead atoms. The first kappa shape index (κ1) is 14.5. The van der Waals surface area contributed by atoms with Crippen molar-refractivity contribution in [1.29, 1.82) is 0 Å². The molecule has 0 amide bonds. The highest BCUT2D eigenvalue weighted by atomic mass is 35.5. The maximum absolute atomic E-state index is 10.3. The van der Waals surface area contributed by atoms with E-state index in [4.69, 9.17) is 28.3 Å². The average Bonchev–Trinajstić information content (AvgIpc) is 1.87. The Kier molecular flexibility index (Phi) is 13.2. The van der Waals surface area contributed by atoms with Crippen LogP contribution in [0.15, 0.2) is 0 Å². The van der Waals surface area contributed by atoms with Crippen LogP contribution in [0.4, 0.5) is 0 Å². The van der Waals surface area contributed by atoms with Crippen LogP contribution in [0.25, 0.3) is 0 Å². The molecule has 0 fully saturated rings. The van der Waals surface area contributed by atoms with Gasteiger partial charge in [-0.15, -0.1) is 0 Å². The third-order valence-corrected chi connectivity index (χ3v) is 0.621. The fourth-order valence-corrected chi connectivity index (χ4v) is 0.324. The number of nitrogens with two attached hydrogens (primary N) is 1. The Labute approximate surface area is 81.6 Å². The number of alkyl halides is 2. The number of hydrogen-bond donors (Lipinski definition) is 2. The lowest BCUT2D eigenvalue weighted by atomic mass is 10.5. The Balaban J connectivity index is 0. The highest BCUT2D eigenvalue weighted by molar-refractivity contribution is 6.43. The molecule has 0 aliphatic rings. The quantitative estimate of drug-likeness (QED) is 0.414. The molecular weight excluding hydrogens is 205 g/mol. The van der Waals surface area contributed by atoms with Crippen molar-refractivity contribution in [3.63, 3.8) is 0 Å². The first-order valence-electron chi connectivity index (χ1n) is 3.34. The summed E-state index contributed by atoms with van der Waals surface area (Å²) >= 11 is 9.64. The van der Waals surface area contributed by atoms with Gasteiger partial charge >= 0.3 is 5.97 Å². The largest absolute Gasteiger partial charge is 0.466 e. The molecule has 0 aliphatic carbocycles. The normalized spacial score (nSPS) is 8.83. The average molecular weight is 218 g/mol. The van der Waals surface area contributed by atoms with Crippen molar-refractivity contribution >= 4 is 29.2 Å². The number of aliphatic hydroxyl groups is 1. The lowest BCUT2D eigenvalue weighted by molar-refractivity contribution is -0.143. The summed E-state index contributed by atoms with van der Waals surface area (Å²) in [5, 5.41) is 8.16. The Morgan fingerprint density at radius 3 is 2.33 bits per heavy atom. The summed E-state index contributed by atoms with van der Waals surface area (Å²) in [7, 11) is 0. The third-order valence-electron chi connectivity index (χ3n) is 0.621. The molecule has 12 heavy (non-hydrogen) atoms. The van der Waals surface area contributed by atoms with Gasteiger partial charge < -0.3 is 15.6 Å². The van der Waals surface area contributed by atoms with Crippen LogP contribution in [-0.4, -0.2) is 29.2 Å². The summed E-state index contributed by atoms with van der Waals surface area (Å²) in [5.41, 5.74) is 4.64. The second-order valence-corrected chi connectivity index (χ2v) is 2.78. The van der Waals surface area contributed by atoms with Crippen molar-refractivity contribution in [1.82, 2.24) is 0 Å². The summed E-state index contributed by atoms with van der Waals surface area (Å²) < 4.78 is 4.48. The smallest absolute Gasteiger partial charge is 0.308 e. The van der Waals surface area contributed by atoms with Gasteiger partial charge in [-0.1, -0.05) is 23.2 Å². The molecule has 0 aromatic carbocycles. The Morgan fingerprint density at radius 2 is 2.08 bits per heavy atom. The monoisotopic (exact) mass is 217 g/mol. The number of aliphatic hydroxyl groups excluding tert-OH is 1. The van der Waals surface area contributed by atoms with Gasteiger partial charge in [-0.3, -0.25) is 4.79 Å². The van der Waals surface area contributed by atoms with Crippen LogP contribution in [0.3, 0.4) is 0 Å². The van der Waals surface area contributed by atoms with Crippen molar-refractivity contribution in [2.45, 2.75) is 18.3 Å². The van der Waals surface area contributed by atoms with Crippen LogP contribution in [0, 0.1) is 0 Å². The van der Waals surface area contributed by atoms with Crippen LogP contribution >= 0.6 is 23.2 Å². The van der Waals surface area contributed by atoms with Crippen molar-refractivity contribution < 1.29 is 14.6 Å². The number of rotatable bonds is 3. The minimum absolute atomic E-state index is 0.105. The number of carbonyl (C=O) groups is 1. The van der Waals surface area contributed by atoms with Gasteiger partial charge in [0, 0.05) is 0 Å². The first-order valence-corrected chi connectivity index (χ1v) is 4.22. The number of esters is 1. The van der Waals surface area contributed by atoms with Crippen molar-refractivity contribution in [3.05, 3.63) is 0 Å². The fraction of sp³-hybridized carbons (Fsp3) is 0.833. The summed E-state index contributed by atoms with van der Waals surface area (Å²) in [6.07, 6.45) is 0.105. The van der Waals surface area contributed by atoms with Gasteiger partial charge in [-0.25, -0.2) is 0 Å². The predicted molar refractivity (Wildman–Crippen MR) is 48.0 cm³/mol. The summed E-state index contributed by atoms with van der Waals surface area (Å²) in [6.45, 7) is 1.99. The number of halogens is 2. The van der Waals surface area contributed by atoms with E-state index < -0.39 is 4.96 Å². The molecule has 0 rings (SSSR count). The van der Waals surface area contributed by atoms with Gasteiger partial charge in [-0.2, -0.15) is 0 Å². The van der Waals surface area contributed by atoms with Crippen molar-refractivity contribution in [2.75, 3.05) is 13.2 Å². The second-order valence-electron chi connectivity index (χ2n) is 1.61. The molecular formula is C6H13Cl2NO3. The maximum Gasteiger partial charge on any atom is 0.308 e. The minimum Gasteiger partial charge on any atom is -0.466 e. The van der Waals surface area contributed by atoms with E-state index in [0.29, 0.717) is 6.61 Å². The first-order chi connectivity index (χ1) is 5.54. The Bertz CT molecular complexity index is 100. The van der Waals surface area contributed by atoms with E-state index in [-0.39, 0.29) is 19.0 Å². The molecule has 0 aromatic heterocycles. The van der Waals surface area contributed by atoms with Gasteiger partial charge in [0.15, 0.2) is 4.96 Å². The van der Waals surface area contributed by atoms with E-state index in [1.54, 1.807) is 6.92 Å². The van der Waals surface area contributed by atoms with E-state index in [0.717, 1.165) is 0 Å². The Morgan fingerprint density at radius 1 is 1.67 bits per heavy atom. The lowest BCUT2D eigenvalue weighted by Crippen LogP contribution is -2.05. The zero-order valence-electron chi connectivity index (χ0n) is 6.80. The van der Waals surface area contributed by atoms with Crippen LogP contribution < -0.4 is 5.73 Å². The SMILES string of the molecule is CCOC(=O)CCO.NC(Cl)Cl. The molecule has 0 unspecified atom stereocenters. The van der Waals surface area contributed by atoms with Crippen LogP contribution in [0.1, 0.15) is 13.3 Å². The number of carbonyl (C=O) groups excluding carboxylic acids is 1. The van der Waals surface area contributed by atoms with Crippen LogP contribution in [0.5, 0.6) is 0 Å². The third kappa shape index (κ3) is 22.5. The van der Waals surface area contributed by atoms with E-state index in [1.807, 2.05) is 0 Å². The number of hydrogen-bond acceptors (Lipinski definition) is 4. The number of ether oxygens (including phenoxy) is 1. The van der Waals surface area contributed by atoms with Crippen LogP contribution in [0.2, 0.25) is 0 Å². The second kappa shape index (κ2) is 11.0. The van der Waals surface area contributed by atoms with Gasteiger partial charge in [0.1, 0.15) is 0 Å². The highest BCUT2D eigenvalue weighted by Crippen LogP contribution is 1.86. The summed E-state index contributed by atoms with van der Waals surface area (Å²) in [6, 6.07) is 0. The Hall–Kier alpha value is -0.0300. The van der Waals surface area contributed by atoms with Gasteiger partial charge in [0.25, 0.3) is 0 Å². The minimum atomic E-state index is -0.722. The molecule has 0 heterocycles. The summed E-state index contributed by atoms with van der Waals surface area (Å²) in [5.74, 6) is -0.338. The maximum atomic E-state index is 10.3. The van der Waals surface area contributed by atoms with E-state index in [2.05, 4.69) is 10.5 Å². The summed E-state index contributed by atoms with van der Waals surface area (Å²) in [4.78, 5) is 9.54. The lowest BCUT2D eigenvalue weighted by Gasteiger charge is -1.96. The highest BCUT2D eigenvalue weighted by Gasteiger charge is 1.96. The van der Waals surface area contributed by atoms with Crippen molar-refractivity contribution in [2.24, 2.45) is 5.73 Å². The molecule has 0 radical (unpaired) electrons. The molecule has 6 heteroatoms. The predicted octanol–water partition coefficient (Wildman–Crippen LogP) is 0.638. The molecule has 4 nitrogen and oxygen atoms in total. The molecule has 3 N–H and O–H groups in total. The van der Waals surface area contributed by atoms with Crippen molar-refractivity contribution in [3.8, 4) is 0 Å².